The van der Waals surface area contributed by atoms with Crippen molar-refractivity contribution in [3.8, 4) is 11.8 Å². The van der Waals surface area contributed by atoms with Crippen molar-refractivity contribution < 1.29 is 32.5 Å². The summed E-state index contributed by atoms with van der Waals surface area (Å²) in [5.74, 6) is 0.0592. The van der Waals surface area contributed by atoms with E-state index in [-0.39, 0.29) is 36.7 Å². The van der Waals surface area contributed by atoms with E-state index >= 15 is 0 Å². The number of nitriles is 1. The molecule has 3 aliphatic heterocycles. The molecular formula is C24H21F3N4O4S. The summed E-state index contributed by atoms with van der Waals surface area (Å²) in [5, 5.41) is 18.6. The molecule has 3 aliphatic rings. The molecule has 2 saturated heterocycles. The zero-order chi connectivity index (χ0) is 25.8. The van der Waals surface area contributed by atoms with Crippen molar-refractivity contribution in [2.45, 2.75) is 24.2 Å². The molecule has 2 aromatic rings. The minimum absolute atomic E-state index is 0.0101. The molecule has 1 N–H and O–H groups in total. The molecule has 1 amide bonds. The van der Waals surface area contributed by atoms with Gasteiger partial charge >= 0.3 is 6.18 Å². The first kappa shape index (κ1) is 24.3. The van der Waals surface area contributed by atoms with E-state index in [9.17, 15) is 23.1 Å². The molecule has 0 unspecified atom stereocenters. The third-order valence-corrected chi connectivity index (χ3v) is 7.05. The van der Waals surface area contributed by atoms with Crippen LogP contribution in [0.3, 0.4) is 0 Å². The highest BCUT2D eigenvalue weighted by Gasteiger charge is 2.58. The molecule has 188 valence electrons. The Balaban J connectivity index is 1.60. The van der Waals surface area contributed by atoms with Gasteiger partial charge in [0.1, 0.15) is 11.9 Å². The quantitative estimate of drug-likeness (QED) is 0.621. The predicted octanol–water partition coefficient (Wildman–Crippen LogP) is 3.06. The van der Waals surface area contributed by atoms with E-state index in [1.165, 1.54) is 6.07 Å². The third kappa shape index (κ3) is 3.66. The molecule has 0 bridgehead atoms. The van der Waals surface area contributed by atoms with Crippen LogP contribution in [0.5, 0.6) is 5.75 Å². The molecule has 2 aromatic carbocycles. The van der Waals surface area contributed by atoms with Gasteiger partial charge in [-0.2, -0.15) is 18.4 Å². The van der Waals surface area contributed by atoms with Crippen LogP contribution in [0.2, 0.25) is 0 Å². The Kier molecular flexibility index (Phi) is 5.82. The normalized spacial score (nSPS) is 23.8. The number of carbonyl (C=O) groups excluding carboxylic acids is 1. The van der Waals surface area contributed by atoms with E-state index in [1.807, 2.05) is 11.9 Å². The van der Waals surface area contributed by atoms with Crippen molar-refractivity contribution in [3.63, 3.8) is 0 Å². The summed E-state index contributed by atoms with van der Waals surface area (Å²) in [5.41, 5.74) is -1.70. The monoisotopic (exact) mass is 518 g/mol. The van der Waals surface area contributed by atoms with Gasteiger partial charge in [-0.05, 0) is 48.6 Å². The summed E-state index contributed by atoms with van der Waals surface area (Å²) in [4.78, 5) is 18.4. The van der Waals surface area contributed by atoms with E-state index in [0.29, 0.717) is 24.4 Å². The van der Waals surface area contributed by atoms with Gasteiger partial charge in [0.15, 0.2) is 10.7 Å². The fraction of sp³-hybridized carbons (Fsp3) is 0.375. The maximum absolute atomic E-state index is 13.8. The number of benzene rings is 2. The molecule has 8 nitrogen and oxygen atoms in total. The largest absolute Gasteiger partial charge is 0.484 e. The van der Waals surface area contributed by atoms with Gasteiger partial charge in [0, 0.05) is 25.8 Å². The molecule has 0 saturated carbocycles. The Hall–Kier alpha value is -3.40. The van der Waals surface area contributed by atoms with Crippen LogP contribution < -0.4 is 19.4 Å². The lowest BCUT2D eigenvalue weighted by atomic mass is 9.95. The fourth-order valence-electron chi connectivity index (χ4n) is 4.92. The average Bonchev–Trinajstić information content (AvgIpc) is 3.41. The highest BCUT2D eigenvalue weighted by atomic mass is 32.1. The number of carbonyl (C=O) groups is 1. The Bertz CT molecular complexity index is 1290. The second-order valence-electron chi connectivity index (χ2n) is 8.89. The summed E-state index contributed by atoms with van der Waals surface area (Å²) < 4.78 is 52.3. The van der Waals surface area contributed by atoms with Crippen LogP contribution in [-0.2, 0) is 15.7 Å². The van der Waals surface area contributed by atoms with E-state index in [1.54, 1.807) is 29.2 Å². The molecule has 0 aliphatic carbocycles. The maximum Gasteiger partial charge on any atom is 0.417 e. The van der Waals surface area contributed by atoms with Gasteiger partial charge < -0.3 is 24.4 Å². The van der Waals surface area contributed by atoms with Crippen molar-refractivity contribution in [2.24, 2.45) is 0 Å². The van der Waals surface area contributed by atoms with Crippen LogP contribution in [0.1, 0.15) is 17.5 Å². The molecule has 2 fully saturated rings. The number of hydrogen-bond donors (Lipinski definition) is 1. The van der Waals surface area contributed by atoms with Crippen LogP contribution in [0, 0.1) is 11.3 Å². The number of ether oxygens (including phenoxy) is 2. The van der Waals surface area contributed by atoms with Gasteiger partial charge in [0.2, 0.25) is 0 Å². The van der Waals surface area contributed by atoms with Crippen LogP contribution in [0.25, 0.3) is 0 Å². The highest BCUT2D eigenvalue weighted by Crippen LogP contribution is 2.45. The first-order chi connectivity index (χ1) is 17.1. The number of thiocarbonyl (C=S) groups is 1. The molecule has 2 atom stereocenters. The number of likely N-dealkylation sites (N-methyl/N-ethyl adjacent to an activating group) is 1. The van der Waals surface area contributed by atoms with E-state index in [2.05, 4.69) is 0 Å². The number of rotatable bonds is 3. The van der Waals surface area contributed by atoms with E-state index in [0.717, 1.165) is 22.7 Å². The lowest BCUT2D eigenvalue weighted by Gasteiger charge is -2.36. The van der Waals surface area contributed by atoms with E-state index in [4.69, 9.17) is 27.0 Å². The standard InChI is InChI=1S/C24H21F3N4O4S/c1-29-11-17(12-32)35-20-5-4-16(9-19(20)29)31-22(36)30(21(33)23(31)6-7-34-13-23)15-3-2-14(10-28)18(8-15)24(25,26)27/h2-5,8-9,17,32H,6-7,11-13H2,1H3/t17-,23-/m1/s1. The Morgan fingerprint density at radius 1 is 1.25 bits per heavy atom. The van der Waals surface area contributed by atoms with Gasteiger partial charge in [0.25, 0.3) is 5.91 Å². The second-order valence-corrected chi connectivity index (χ2v) is 9.25. The minimum Gasteiger partial charge on any atom is -0.484 e. The number of anilines is 3. The number of fused-ring (bicyclic) bond motifs is 1. The zero-order valence-electron chi connectivity index (χ0n) is 19.1. The first-order valence-corrected chi connectivity index (χ1v) is 11.5. The van der Waals surface area contributed by atoms with Gasteiger partial charge in [-0.25, -0.2) is 0 Å². The number of aliphatic hydroxyl groups excluding tert-OH is 1. The van der Waals surface area contributed by atoms with Crippen LogP contribution in [0.15, 0.2) is 36.4 Å². The number of nitrogens with zero attached hydrogens (tertiary/aromatic N) is 4. The zero-order valence-corrected chi connectivity index (χ0v) is 19.9. The molecular weight excluding hydrogens is 497 g/mol. The lowest BCUT2D eigenvalue weighted by Crippen LogP contribution is -2.50. The van der Waals surface area contributed by atoms with Crippen molar-refractivity contribution >= 4 is 40.3 Å². The van der Waals surface area contributed by atoms with Crippen molar-refractivity contribution in [2.75, 3.05) is 48.1 Å². The minimum atomic E-state index is -4.78. The van der Waals surface area contributed by atoms with Gasteiger partial charge in [-0.15, -0.1) is 0 Å². The number of amides is 1. The topological polar surface area (TPSA) is 89.3 Å². The summed E-state index contributed by atoms with van der Waals surface area (Å²) in [6.07, 6.45) is -4.87. The number of aliphatic hydroxyl groups is 1. The fourth-order valence-corrected chi connectivity index (χ4v) is 5.39. The van der Waals surface area contributed by atoms with Crippen LogP contribution in [0.4, 0.5) is 30.2 Å². The molecule has 0 aromatic heterocycles. The maximum atomic E-state index is 13.8. The lowest BCUT2D eigenvalue weighted by molar-refractivity contribution is -0.137. The van der Waals surface area contributed by atoms with E-state index < -0.39 is 28.7 Å². The summed E-state index contributed by atoms with van der Waals surface area (Å²) >= 11 is 5.68. The molecule has 0 radical (unpaired) electrons. The average molecular weight is 519 g/mol. The smallest absolute Gasteiger partial charge is 0.417 e. The van der Waals surface area contributed by atoms with Crippen molar-refractivity contribution in [1.29, 1.82) is 5.26 Å². The number of alkyl halides is 3. The summed E-state index contributed by atoms with van der Waals surface area (Å²) in [6, 6.07) is 9.88. The van der Waals surface area contributed by atoms with Crippen LogP contribution in [-0.4, -0.2) is 61.2 Å². The van der Waals surface area contributed by atoms with Gasteiger partial charge in [-0.3, -0.25) is 9.69 Å². The summed E-state index contributed by atoms with van der Waals surface area (Å²) in [6.45, 7) is 0.602. The van der Waals surface area contributed by atoms with Crippen LogP contribution >= 0.6 is 12.2 Å². The predicted molar refractivity (Wildman–Crippen MR) is 128 cm³/mol. The van der Waals surface area contributed by atoms with Crippen molar-refractivity contribution in [1.82, 2.24) is 0 Å². The molecule has 12 heteroatoms. The first-order valence-electron chi connectivity index (χ1n) is 11.1. The SMILES string of the molecule is CN1C[C@H](CO)Oc2ccc(N3C(=S)N(c4ccc(C#N)c(C(F)(F)F)c4)C(=O)[C@]34CCOC4)cc21. The number of halogens is 3. The second kappa shape index (κ2) is 8.62. The highest BCUT2D eigenvalue weighted by molar-refractivity contribution is 7.81. The Labute approximate surface area is 210 Å². The third-order valence-electron chi connectivity index (χ3n) is 6.69. The van der Waals surface area contributed by atoms with Gasteiger partial charge in [0.05, 0.1) is 48.3 Å². The van der Waals surface area contributed by atoms with Gasteiger partial charge in [-0.1, -0.05) is 0 Å². The Morgan fingerprint density at radius 2 is 2.00 bits per heavy atom. The molecule has 1 spiro atoms. The van der Waals surface area contributed by atoms with Crippen molar-refractivity contribution in [3.05, 3.63) is 47.5 Å². The Morgan fingerprint density at radius 3 is 2.64 bits per heavy atom. The summed E-state index contributed by atoms with van der Waals surface area (Å²) in [7, 11) is 1.84. The molecule has 3 heterocycles. The molecule has 5 rings (SSSR count). The number of hydrogen-bond acceptors (Lipinski definition) is 7. The molecule has 36 heavy (non-hydrogen) atoms.